The highest BCUT2D eigenvalue weighted by atomic mass is 16.7. The average Bonchev–Trinajstić information content (AvgIpc) is 2.76. The van der Waals surface area contributed by atoms with Crippen molar-refractivity contribution in [2.75, 3.05) is 19.9 Å². The first-order chi connectivity index (χ1) is 9.83. The fourth-order valence-electron chi connectivity index (χ4n) is 2.58. The third-order valence-corrected chi connectivity index (χ3v) is 3.73. The minimum absolute atomic E-state index is 0.101. The fraction of sp³-hybridized carbons (Fsp3) is 0.438. The topological polar surface area (TPSA) is 38.8 Å². The van der Waals surface area contributed by atoms with Crippen LogP contribution in [0, 0.1) is 0 Å². The summed E-state index contributed by atoms with van der Waals surface area (Å²) in [6.07, 6.45) is 8.19. The van der Waals surface area contributed by atoms with Crippen LogP contribution in [0.3, 0.4) is 0 Å². The standard InChI is InChI=1S/C16H19NO3/c18-16(17-9-3-1-2-4-10-17)8-6-13-5-7-14-15(11-13)20-12-19-14/h5-8,11H,1-4,9-10,12H2/b8-6+. The molecule has 4 nitrogen and oxygen atoms in total. The molecule has 0 N–H and O–H groups in total. The van der Waals surface area contributed by atoms with Crippen LogP contribution in [0.1, 0.15) is 31.2 Å². The first kappa shape index (κ1) is 13.0. The lowest BCUT2D eigenvalue weighted by molar-refractivity contribution is -0.125. The van der Waals surface area contributed by atoms with Gasteiger partial charge in [-0.1, -0.05) is 18.9 Å². The van der Waals surface area contributed by atoms with E-state index in [1.165, 1.54) is 12.8 Å². The van der Waals surface area contributed by atoms with Gasteiger partial charge in [-0.15, -0.1) is 0 Å². The van der Waals surface area contributed by atoms with Crippen molar-refractivity contribution in [3.8, 4) is 11.5 Å². The minimum atomic E-state index is 0.101. The Bertz CT molecular complexity index is 516. The van der Waals surface area contributed by atoms with Crippen LogP contribution in [0.4, 0.5) is 0 Å². The Hall–Kier alpha value is -1.97. The van der Waals surface area contributed by atoms with Gasteiger partial charge in [-0.2, -0.15) is 0 Å². The summed E-state index contributed by atoms with van der Waals surface area (Å²) < 4.78 is 10.6. The zero-order valence-corrected chi connectivity index (χ0v) is 11.5. The molecule has 0 unspecified atom stereocenters. The van der Waals surface area contributed by atoms with E-state index >= 15 is 0 Å². The Morgan fingerprint density at radius 1 is 1.05 bits per heavy atom. The summed E-state index contributed by atoms with van der Waals surface area (Å²) in [6.45, 7) is 2.03. The van der Waals surface area contributed by atoms with Crippen LogP contribution in [-0.2, 0) is 4.79 Å². The van der Waals surface area contributed by atoms with E-state index in [1.54, 1.807) is 6.08 Å². The highest BCUT2D eigenvalue weighted by Crippen LogP contribution is 2.32. The molecule has 1 saturated heterocycles. The number of likely N-dealkylation sites (tertiary alicyclic amines) is 1. The van der Waals surface area contributed by atoms with E-state index in [2.05, 4.69) is 0 Å². The molecule has 1 aromatic carbocycles. The maximum atomic E-state index is 12.1. The van der Waals surface area contributed by atoms with E-state index in [-0.39, 0.29) is 12.7 Å². The lowest BCUT2D eigenvalue weighted by Crippen LogP contribution is -2.30. The number of amides is 1. The third-order valence-electron chi connectivity index (χ3n) is 3.73. The van der Waals surface area contributed by atoms with Crippen molar-refractivity contribution in [3.63, 3.8) is 0 Å². The number of nitrogens with zero attached hydrogens (tertiary/aromatic N) is 1. The molecule has 2 aliphatic heterocycles. The molecule has 1 fully saturated rings. The largest absolute Gasteiger partial charge is 0.454 e. The Balaban J connectivity index is 1.65. The number of ether oxygens (including phenoxy) is 2. The Morgan fingerprint density at radius 2 is 1.80 bits per heavy atom. The number of hydrogen-bond donors (Lipinski definition) is 0. The van der Waals surface area contributed by atoms with E-state index in [0.29, 0.717) is 0 Å². The van der Waals surface area contributed by atoms with Gasteiger partial charge in [0.25, 0.3) is 0 Å². The number of benzene rings is 1. The zero-order valence-electron chi connectivity index (χ0n) is 11.5. The molecule has 0 saturated carbocycles. The van der Waals surface area contributed by atoms with Crippen molar-refractivity contribution in [2.45, 2.75) is 25.7 Å². The van der Waals surface area contributed by atoms with Gasteiger partial charge in [-0.3, -0.25) is 4.79 Å². The van der Waals surface area contributed by atoms with Gasteiger partial charge in [0.05, 0.1) is 0 Å². The Morgan fingerprint density at radius 3 is 2.60 bits per heavy atom. The predicted octanol–water partition coefficient (Wildman–Crippen LogP) is 2.83. The maximum Gasteiger partial charge on any atom is 0.246 e. The molecule has 2 aliphatic rings. The first-order valence-corrected chi connectivity index (χ1v) is 7.19. The van der Waals surface area contributed by atoms with Crippen LogP contribution in [-0.4, -0.2) is 30.7 Å². The average molecular weight is 273 g/mol. The summed E-state index contributed by atoms with van der Waals surface area (Å²) in [5, 5.41) is 0. The lowest BCUT2D eigenvalue weighted by Gasteiger charge is -2.17. The smallest absolute Gasteiger partial charge is 0.246 e. The van der Waals surface area contributed by atoms with Gasteiger partial charge in [-0.25, -0.2) is 0 Å². The quantitative estimate of drug-likeness (QED) is 0.778. The van der Waals surface area contributed by atoms with Gasteiger partial charge < -0.3 is 14.4 Å². The lowest BCUT2D eigenvalue weighted by atomic mass is 10.2. The molecular weight excluding hydrogens is 254 g/mol. The number of fused-ring (bicyclic) bond motifs is 1. The van der Waals surface area contributed by atoms with E-state index < -0.39 is 0 Å². The van der Waals surface area contributed by atoms with Crippen molar-refractivity contribution >= 4 is 12.0 Å². The van der Waals surface area contributed by atoms with Gasteiger partial charge in [0.15, 0.2) is 11.5 Å². The zero-order chi connectivity index (χ0) is 13.8. The molecule has 106 valence electrons. The van der Waals surface area contributed by atoms with Crippen molar-refractivity contribution in [3.05, 3.63) is 29.8 Å². The summed E-state index contributed by atoms with van der Waals surface area (Å²) in [7, 11) is 0. The predicted molar refractivity (Wildman–Crippen MR) is 76.6 cm³/mol. The van der Waals surface area contributed by atoms with Gasteiger partial charge in [0, 0.05) is 19.2 Å². The number of hydrogen-bond acceptors (Lipinski definition) is 3. The van der Waals surface area contributed by atoms with Crippen molar-refractivity contribution in [1.82, 2.24) is 4.90 Å². The van der Waals surface area contributed by atoms with Gasteiger partial charge in [-0.05, 0) is 36.6 Å². The van der Waals surface area contributed by atoms with Gasteiger partial charge >= 0.3 is 0 Å². The number of carbonyl (C=O) groups excluding carboxylic acids is 1. The van der Waals surface area contributed by atoms with Crippen LogP contribution in [0.5, 0.6) is 11.5 Å². The molecule has 0 aliphatic carbocycles. The molecule has 1 aromatic rings. The Labute approximate surface area is 119 Å². The molecule has 1 amide bonds. The van der Waals surface area contributed by atoms with Crippen LogP contribution in [0.15, 0.2) is 24.3 Å². The second kappa shape index (κ2) is 5.99. The Kier molecular flexibility index (Phi) is 3.90. The van der Waals surface area contributed by atoms with Crippen molar-refractivity contribution in [1.29, 1.82) is 0 Å². The van der Waals surface area contributed by atoms with Crippen LogP contribution < -0.4 is 9.47 Å². The highest BCUT2D eigenvalue weighted by molar-refractivity contribution is 5.91. The van der Waals surface area contributed by atoms with Crippen molar-refractivity contribution < 1.29 is 14.3 Å². The SMILES string of the molecule is O=C(/C=C/c1ccc2c(c1)OCO2)N1CCCCCC1. The molecule has 3 rings (SSSR count). The summed E-state index contributed by atoms with van der Waals surface area (Å²) in [5.41, 5.74) is 0.956. The van der Waals surface area contributed by atoms with Gasteiger partial charge in [0.2, 0.25) is 12.7 Å². The van der Waals surface area contributed by atoms with Gasteiger partial charge in [0.1, 0.15) is 0 Å². The molecule has 0 bridgehead atoms. The molecule has 0 aromatic heterocycles. The second-order valence-corrected chi connectivity index (χ2v) is 5.19. The number of carbonyl (C=O) groups is 1. The molecule has 4 heteroatoms. The molecule has 0 spiro atoms. The maximum absolute atomic E-state index is 12.1. The summed E-state index contributed by atoms with van der Waals surface area (Å²) in [5.74, 6) is 1.61. The monoisotopic (exact) mass is 273 g/mol. The van der Waals surface area contributed by atoms with E-state index in [1.807, 2.05) is 29.2 Å². The summed E-state index contributed by atoms with van der Waals surface area (Å²) in [4.78, 5) is 14.1. The number of rotatable bonds is 2. The molecule has 2 heterocycles. The van der Waals surface area contributed by atoms with E-state index in [0.717, 1.165) is 43.0 Å². The minimum Gasteiger partial charge on any atom is -0.454 e. The second-order valence-electron chi connectivity index (χ2n) is 5.19. The van der Waals surface area contributed by atoms with Crippen molar-refractivity contribution in [2.24, 2.45) is 0 Å². The summed E-state index contributed by atoms with van der Waals surface area (Å²) >= 11 is 0. The van der Waals surface area contributed by atoms with E-state index in [9.17, 15) is 4.79 Å². The normalized spacial score (nSPS) is 18.3. The van der Waals surface area contributed by atoms with Crippen LogP contribution >= 0.6 is 0 Å². The molecule has 20 heavy (non-hydrogen) atoms. The van der Waals surface area contributed by atoms with Crippen LogP contribution in [0.2, 0.25) is 0 Å². The summed E-state index contributed by atoms with van der Waals surface area (Å²) in [6, 6.07) is 5.70. The first-order valence-electron chi connectivity index (χ1n) is 7.19. The third kappa shape index (κ3) is 2.95. The molecule has 0 atom stereocenters. The molecular formula is C16H19NO3. The molecule has 0 radical (unpaired) electrons. The van der Waals surface area contributed by atoms with E-state index in [4.69, 9.17) is 9.47 Å². The highest BCUT2D eigenvalue weighted by Gasteiger charge is 2.14. The van der Waals surface area contributed by atoms with Crippen LogP contribution in [0.25, 0.3) is 6.08 Å². The fourth-order valence-corrected chi connectivity index (χ4v) is 2.58.